The molecule has 0 unspecified atom stereocenters. The molecule has 4 heterocycles. The summed E-state index contributed by atoms with van der Waals surface area (Å²) in [4.78, 5) is 59.7. The van der Waals surface area contributed by atoms with Crippen LogP contribution in [-0.4, -0.2) is 58.8 Å². The van der Waals surface area contributed by atoms with Gasteiger partial charge in [0.05, 0.1) is 36.7 Å². The Labute approximate surface area is 329 Å². The van der Waals surface area contributed by atoms with Gasteiger partial charge in [0.25, 0.3) is 11.8 Å². The number of amides is 3. The molecular weight excluding hydrogens is 735 g/mol. The maximum atomic E-state index is 13.7. The van der Waals surface area contributed by atoms with Crippen LogP contribution in [0.2, 0.25) is 0 Å². The maximum Gasteiger partial charge on any atom is 0.272 e. The summed E-state index contributed by atoms with van der Waals surface area (Å²) < 4.78 is 14.1. The average molecular weight is 778 g/mol. The number of ether oxygens (including phenoxy) is 2. The Morgan fingerprint density at radius 3 is 2.62 bits per heavy atom. The fraction of sp³-hybridized carbons (Fsp3) is 0.310. The molecule has 2 aliphatic heterocycles. The highest BCUT2D eigenvalue weighted by Crippen LogP contribution is 2.41. The number of anilines is 3. The summed E-state index contributed by atoms with van der Waals surface area (Å²) >= 11 is 6.10. The van der Waals surface area contributed by atoms with Gasteiger partial charge in [0, 0.05) is 76.9 Å². The molecule has 2 aromatic heterocycles. The highest BCUT2D eigenvalue weighted by atomic mass is 32.1. The zero-order valence-corrected chi connectivity index (χ0v) is 32.9. The van der Waals surface area contributed by atoms with Crippen LogP contribution in [0.15, 0.2) is 77.9 Å². The lowest BCUT2D eigenvalue weighted by molar-refractivity contribution is -0.118. The lowest BCUT2D eigenvalue weighted by Crippen LogP contribution is -2.37. The number of hydrogen-bond donors (Lipinski definition) is 3. The lowest BCUT2D eigenvalue weighted by atomic mass is 10.0. The molecule has 7 rings (SSSR count). The third-order valence-electron chi connectivity index (χ3n) is 9.67. The number of thiol groups is 1. The van der Waals surface area contributed by atoms with Crippen LogP contribution in [0.1, 0.15) is 70.8 Å². The maximum absolute atomic E-state index is 13.7. The largest absolute Gasteiger partial charge is 0.493 e. The minimum absolute atomic E-state index is 0.144. The SMILES string of the molecule is COc1cc2c(cc1OCCCC(=O)Nc1cc(C(=O)Nc3ccc4sc(CC(=O)CCC(C)(C)S)cc4c3)n(C)c1)N=C[C@@H]1Cc3ccccc3N1C2=O. The minimum Gasteiger partial charge on any atom is -0.493 e. The monoisotopic (exact) mass is 777 g/mol. The van der Waals surface area contributed by atoms with Crippen LogP contribution in [-0.2, 0) is 29.5 Å². The molecule has 5 aromatic rings. The molecule has 3 amide bonds. The third-order valence-corrected chi connectivity index (χ3v) is 11.0. The van der Waals surface area contributed by atoms with Gasteiger partial charge in [-0.05, 0) is 66.3 Å². The first-order chi connectivity index (χ1) is 26.3. The first-order valence-corrected chi connectivity index (χ1v) is 19.5. The Balaban J connectivity index is 0.909. The van der Waals surface area contributed by atoms with Gasteiger partial charge >= 0.3 is 0 Å². The van der Waals surface area contributed by atoms with E-state index < -0.39 is 0 Å². The smallest absolute Gasteiger partial charge is 0.272 e. The number of fused-ring (bicyclic) bond motifs is 5. The van der Waals surface area contributed by atoms with E-state index in [1.807, 2.05) is 68.6 Å². The number of methoxy groups -OCH3 is 1. The van der Waals surface area contributed by atoms with Crippen LogP contribution in [0, 0.1) is 0 Å². The van der Waals surface area contributed by atoms with Crippen LogP contribution in [0.3, 0.4) is 0 Å². The van der Waals surface area contributed by atoms with Gasteiger partial charge in [-0.15, -0.1) is 11.3 Å². The first kappa shape index (κ1) is 37.9. The van der Waals surface area contributed by atoms with E-state index >= 15 is 0 Å². The molecule has 0 fully saturated rings. The van der Waals surface area contributed by atoms with Crippen LogP contribution in [0.4, 0.5) is 22.7 Å². The summed E-state index contributed by atoms with van der Waals surface area (Å²) in [7, 11) is 3.26. The first-order valence-electron chi connectivity index (χ1n) is 18.2. The second-order valence-electron chi connectivity index (χ2n) is 14.5. The number of para-hydroxylation sites is 1. The number of ketones is 1. The topological polar surface area (TPSA) is 131 Å². The van der Waals surface area contributed by atoms with Crippen molar-refractivity contribution in [3.63, 3.8) is 0 Å². The Morgan fingerprint density at radius 2 is 1.82 bits per heavy atom. The molecule has 1 atom stereocenters. The number of Topliss-reactive ketones (excluding diaryl/α,β-unsaturated/α-hetero) is 1. The molecule has 0 saturated carbocycles. The number of aromatic nitrogens is 1. The number of aryl methyl sites for hydroxylation is 1. The van der Waals surface area contributed by atoms with Gasteiger partial charge in [0.15, 0.2) is 11.5 Å². The van der Waals surface area contributed by atoms with Gasteiger partial charge in [-0.2, -0.15) is 12.6 Å². The number of carbonyl (C=O) groups is 4. The average Bonchev–Trinajstić information content (AvgIpc) is 3.82. The number of thiophene rings is 1. The van der Waals surface area contributed by atoms with Crippen molar-refractivity contribution in [2.45, 2.75) is 63.2 Å². The number of rotatable bonds is 14. The summed E-state index contributed by atoms with van der Waals surface area (Å²) in [6.45, 7) is 4.24. The van der Waals surface area contributed by atoms with Crippen molar-refractivity contribution < 1.29 is 28.7 Å². The van der Waals surface area contributed by atoms with Gasteiger partial charge in [-0.25, -0.2) is 0 Å². The summed E-state index contributed by atoms with van der Waals surface area (Å²) in [6, 6.07) is 20.4. The predicted octanol–water partition coefficient (Wildman–Crippen LogP) is 8.19. The zero-order chi connectivity index (χ0) is 38.9. The Kier molecular flexibility index (Phi) is 10.9. The summed E-state index contributed by atoms with van der Waals surface area (Å²) in [5.41, 5.74) is 4.45. The number of nitrogens with one attached hydrogen (secondary N) is 2. The molecule has 13 heteroatoms. The summed E-state index contributed by atoms with van der Waals surface area (Å²) in [6.07, 6.45) is 6.38. The normalized spacial score (nSPS) is 14.6. The van der Waals surface area contributed by atoms with Crippen molar-refractivity contribution in [2.24, 2.45) is 12.0 Å². The van der Waals surface area contributed by atoms with Gasteiger partial charge < -0.3 is 24.7 Å². The van der Waals surface area contributed by atoms with Crippen molar-refractivity contribution in [2.75, 3.05) is 29.3 Å². The van der Waals surface area contributed by atoms with E-state index in [0.29, 0.717) is 65.5 Å². The summed E-state index contributed by atoms with van der Waals surface area (Å²) in [5, 5.41) is 6.78. The van der Waals surface area contributed by atoms with Crippen molar-refractivity contribution in [3.8, 4) is 11.5 Å². The van der Waals surface area contributed by atoms with E-state index in [-0.39, 0.29) is 47.3 Å². The van der Waals surface area contributed by atoms with E-state index in [9.17, 15) is 19.2 Å². The van der Waals surface area contributed by atoms with E-state index in [1.54, 1.807) is 52.2 Å². The number of aliphatic imine (C=N–C) groups is 1. The highest BCUT2D eigenvalue weighted by molar-refractivity contribution is 7.81. The number of hydrogen-bond acceptors (Lipinski definition) is 9. The molecular formula is C42H43N5O6S2. The second kappa shape index (κ2) is 15.8. The molecule has 0 saturated heterocycles. The fourth-order valence-corrected chi connectivity index (χ4v) is 8.06. The summed E-state index contributed by atoms with van der Waals surface area (Å²) in [5.74, 6) is 0.342. The van der Waals surface area contributed by atoms with Gasteiger partial charge in [-0.3, -0.25) is 29.1 Å². The lowest BCUT2D eigenvalue weighted by Gasteiger charge is -2.22. The van der Waals surface area contributed by atoms with Crippen LogP contribution < -0.4 is 25.0 Å². The molecule has 2 N–H and O–H groups in total. The molecule has 0 aliphatic carbocycles. The predicted molar refractivity (Wildman–Crippen MR) is 221 cm³/mol. The van der Waals surface area contributed by atoms with Crippen LogP contribution >= 0.6 is 24.0 Å². The fourth-order valence-electron chi connectivity index (χ4n) is 6.87. The van der Waals surface area contributed by atoms with E-state index in [4.69, 9.17) is 9.47 Å². The number of benzene rings is 3. The Hall–Kier alpha value is -5.40. The molecule has 11 nitrogen and oxygen atoms in total. The molecule has 2 aliphatic rings. The number of carbonyl (C=O) groups excluding carboxylic acids is 4. The molecule has 0 bridgehead atoms. The van der Waals surface area contributed by atoms with Crippen LogP contribution in [0.5, 0.6) is 11.5 Å². The van der Waals surface area contributed by atoms with Crippen molar-refractivity contribution in [3.05, 3.63) is 94.6 Å². The second-order valence-corrected chi connectivity index (χ2v) is 16.9. The van der Waals surface area contributed by atoms with E-state index in [2.05, 4.69) is 28.3 Å². The van der Waals surface area contributed by atoms with Crippen molar-refractivity contribution in [1.29, 1.82) is 0 Å². The van der Waals surface area contributed by atoms with E-state index in [1.165, 1.54) is 7.11 Å². The Morgan fingerprint density at radius 1 is 1.00 bits per heavy atom. The molecule has 55 heavy (non-hydrogen) atoms. The molecule has 0 radical (unpaired) electrons. The molecule has 0 spiro atoms. The number of nitrogens with zero attached hydrogens (tertiary/aromatic N) is 3. The quantitative estimate of drug-likeness (QED) is 0.0770. The van der Waals surface area contributed by atoms with Gasteiger partial charge in [0.2, 0.25) is 5.91 Å². The third kappa shape index (κ3) is 8.63. The van der Waals surface area contributed by atoms with Gasteiger partial charge in [0.1, 0.15) is 11.5 Å². The van der Waals surface area contributed by atoms with Crippen LogP contribution in [0.25, 0.3) is 10.1 Å². The van der Waals surface area contributed by atoms with E-state index in [0.717, 1.165) is 32.6 Å². The minimum atomic E-state index is -0.318. The standard InChI is InChI=1S/C42H43N5O6S2/c1-42(2,54)14-13-30(48)20-31-18-26-16-27(11-12-38(26)55-31)45-40(50)35-19-28(24-46(35)3)44-39(49)10-7-15-53-37-22-33-32(21-36(37)52-4)41(51)47-29(23-43-33)17-25-8-5-6-9-34(25)47/h5-6,8-9,11-12,16,18-19,21-24,29,54H,7,10,13-15,17,20H2,1-4H3,(H,44,49)(H,45,50)/t29-/m0/s1. The molecule has 3 aromatic carbocycles. The Bertz CT molecular complexity index is 2340. The van der Waals surface area contributed by atoms with Gasteiger partial charge in [-0.1, -0.05) is 32.0 Å². The molecule has 284 valence electrons. The van der Waals surface area contributed by atoms with Crippen molar-refractivity contribution >= 4 is 86.5 Å². The zero-order valence-electron chi connectivity index (χ0n) is 31.2. The van der Waals surface area contributed by atoms with Crippen molar-refractivity contribution in [1.82, 2.24) is 4.57 Å². The highest BCUT2D eigenvalue weighted by Gasteiger charge is 2.36.